The topological polar surface area (TPSA) is 45.0 Å². The molecule has 18 heavy (non-hydrogen) atoms. The van der Waals surface area contributed by atoms with Crippen molar-refractivity contribution in [1.29, 1.82) is 5.26 Å². The fourth-order valence-corrected chi connectivity index (χ4v) is 2.05. The van der Waals surface area contributed by atoms with Gasteiger partial charge in [-0.25, -0.2) is 0 Å². The molecule has 0 heterocycles. The summed E-state index contributed by atoms with van der Waals surface area (Å²) in [4.78, 5) is 0. The lowest BCUT2D eigenvalue weighted by Gasteiger charge is -2.10. The standard InChI is InChI=1S/C14H17BrN2O/c15-14-6-5-13(18-8-2-1-7-16)9-11(14)10-17-12-3-4-12/h5-6,9,12,17H,1-4,8,10H2. The quantitative estimate of drug-likeness (QED) is 0.785. The normalized spacial score (nSPS) is 14.2. The zero-order valence-corrected chi connectivity index (χ0v) is 11.9. The van der Waals surface area contributed by atoms with Gasteiger partial charge in [-0.15, -0.1) is 0 Å². The van der Waals surface area contributed by atoms with Crippen LogP contribution in [0.4, 0.5) is 0 Å². The molecule has 4 heteroatoms. The summed E-state index contributed by atoms with van der Waals surface area (Å²) in [5.74, 6) is 0.878. The van der Waals surface area contributed by atoms with E-state index in [9.17, 15) is 0 Å². The molecule has 0 amide bonds. The van der Waals surface area contributed by atoms with Gasteiger partial charge in [0.05, 0.1) is 12.7 Å². The molecular formula is C14H17BrN2O. The Morgan fingerprint density at radius 2 is 2.28 bits per heavy atom. The minimum atomic E-state index is 0.548. The summed E-state index contributed by atoms with van der Waals surface area (Å²) in [5.41, 5.74) is 1.22. The number of hydrogen-bond acceptors (Lipinski definition) is 3. The zero-order valence-electron chi connectivity index (χ0n) is 10.3. The van der Waals surface area contributed by atoms with Crippen LogP contribution in [-0.4, -0.2) is 12.6 Å². The average Bonchev–Trinajstić information content (AvgIpc) is 3.19. The van der Waals surface area contributed by atoms with E-state index in [1.807, 2.05) is 12.1 Å². The zero-order chi connectivity index (χ0) is 12.8. The van der Waals surface area contributed by atoms with Gasteiger partial charge in [0.15, 0.2) is 0 Å². The van der Waals surface area contributed by atoms with Gasteiger partial charge in [0, 0.05) is 23.5 Å². The number of rotatable bonds is 7. The highest BCUT2D eigenvalue weighted by molar-refractivity contribution is 9.10. The molecule has 3 nitrogen and oxygen atoms in total. The van der Waals surface area contributed by atoms with Crippen molar-refractivity contribution in [3.05, 3.63) is 28.2 Å². The number of nitrogens with zero attached hydrogens (tertiary/aromatic N) is 1. The predicted molar refractivity (Wildman–Crippen MR) is 74.3 cm³/mol. The highest BCUT2D eigenvalue weighted by Gasteiger charge is 2.20. The van der Waals surface area contributed by atoms with Gasteiger partial charge in [-0.1, -0.05) is 15.9 Å². The van der Waals surface area contributed by atoms with E-state index < -0.39 is 0 Å². The molecule has 1 saturated carbocycles. The third-order valence-corrected chi connectivity index (χ3v) is 3.65. The van der Waals surface area contributed by atoms with E-state index in [2.05, 4.69) is 33.4 Å². The molecule has 1 aliphatic carbocycles. The van der Waals surface area contributed by atoms with Crippen LogP contribution in [0.1, 0.15) is 31.2 Å². The minimum absolute atomic E-state index is 0.548. The van der Waals surface area contributed by atoms with Crippen LogP contribution < -0.4 is 10.1 Å². The lowest BCUT2D eigenvalue weighted by atomic mass is 10.2. The second-order valence-corrected chi connectivity index (χ2v) is 5.37. The van der Waals surface area contributed by atoms with E-state index in [0.717, 1.165) is 23.2 Å². The van der Waals surface area contributed by atoms with Crippen LogP contribution in [0.25, 0.3) is 0 Å². The largest absolute Gasteiger partial charge is 0.494 e. The fourth-order valence-electron chi connectivity index (χ4n) is 1.66. The molecule has 0 bridgehead atoms. The molecule has 0 saturated heterocycles. The summed E-state index contributed by atoms with van der Waals surface area (Å²) >= 11 is 3.56. The van der Waals surface area contributed by atoms with E-state index in [4.69, 9.17) is 10.00 Å². The Balaban J connectivity index is 1.86. The first kappa shape index (κ1) is 13.4. The first-order chi connectivity index (χ1) is 8.79. The van der Waals surface area contributed by atoms with Gasteiger partial charge in [-0.3, -0.25) is 0 Å². The highest BCUT2D eigenvalue weighted by Crippen LogP contribution is 2.25. The number of unbranched alkanes of at least 4 members (excludes halogenated alkanes) is 1. The van der Waals surface area contributed by atoms with Crippen LogP contribution in [0.3, 0.4) is 0 Å². The Morgan fingerprint density at radius 1 is 1.44 bits per heavy atom. The van der Waals surface area contributed by atoms with Gasteiger partial charge < -0.3 is 10.1 Å². The second kappa shape index (κ2) is 6.77. The van der Waals surface area contributed by atoms with E-state index in [-0.39, 0.29) is 0 Å². The number of halogens is 1. The number of ether oxygens (including phenoxy) is 1. The summed E-state index contributed by atoms with van der Waals surface area (Å²) < 4.78 is 6.74. The molecule has 0 unspecified atom stereocenters. The van der Waals surface area contributed by atoms with Crippen molar-refractivity contribution in [3.8, 4) is 11.8 Å². The maximum atomic E-state index is 8.45. The molecule has 1 fully saturated rings. The van der Waals surface area contributed by atoms with E-state index in [1.165, 1.54) is 18.4 Å². The molecule has 0 radical (unpaired) electrons. The van der Waals surface area contributed by atoms with Crippen molar-refractivity contribution in [2.45, 2.75) is 38.3 Å². The number of nitriles is 1. The van der Waals surface area contributed by atoms with Crippen molar-refractivity contribution in [2.24, 2.45) is 0 Å². The van der Waals surface area contributed by atoms with Crippen LogP contribution >= 0.6 is 15.9 Å². The number of nitrogens with one attached hydrogen (secondary N) is 1. The maximum Gasteiger partial charge on any atom is 0.119 e. The van der Waals surface area contributed by atoms with Gasteiger partial charge in [-0.05, 0) is 43.0 Å². The smallest absolute Gasteiger partial charge is 0.119 e. The molecule has 2 rings (SSSR count). The molecule has 1 N–H and O–H groups in total. The van der Waals surface area contributed by atoms with Crippen molar-refractivity contribution in [3.63, 3.8) is 0 Å². The highest BCUT2D eigenvalue weighted by atomic mass is 79.9. The Bertz CT molecular complexity index is 438. The first-order valence-electron chi connectivity index (χ1n) is 6.31. The van der Waals surface area contributed by atoms with Crippen LogP contribution in [0.15, 0.2) is 22.7 Å². The third kappa shape index (κ3) is 4.32. The Labute approximate surface area is 116 Å². The molecule has 1 aromatic rings. The van der Waals surface area contributed by atoms with Gasteiger partial charge >= 0.3 is 0 Å². The van der Waals surface area contributed by atoms with Gasteiger partial charge in [-0.2, -0.15) is 5.26 Å². The molecule has 96 valence electrons. The summed E-state index contributed by atoms with van der Waals surface area (Å²) in [6, 6.07) is 8.86. The monoisotopic (exact) mass is 308 g/mol. The lowest BCUT2D eigenvalue weighted by molar-refractivity contribution is 0.312. The summed E-state index contributed by atoms with van der Waals surface area (Å²) in [6.45, 7) is 1.48. The van der Waals surface area contributed by atoms with Crippen LogP contribution in [-0.2, 0) is 6.54 Å². The van der Waals surface area contributed by atoms with Crippen LogP contribution in [0.2, 0.25) is 0 Å². The predicted octanol–water partition coefficient (Wildman–Crippen LogP) is 3.38. The van der Waals surface area contributed by atoms with Crippen molar-refractivity contribution in [2.75, 3.05) is 6.61 Å². The van der Waals surface area contributed by atoms with Gasteiger partial charge in [0.25, 0.3) is 0 Å². The van der Waals surface area contributed by atoms with Crippen LogP contribution in [0.5, 0.6) is 5.75 Å². The molecule has 0 aliphatic heterocycles. The minimum Gasteiger partial charge on any atom is -0.494 e. The molecule has 0 atom stereocenters. The molecule has 0 aromatic heterocycles. The number of benzene rings is 1. The average molecular weight is 309 g/mol. The Kier molecular flexibility index (Phi) is 5.03. The summed E-state index contributed by atoms with van der Waals surface area (Å²) in [6.07, 6.45) is 3.92. The van der Waals surface area contributed by atoms with Crippen molar-refractivity contribution >= 4 is 15.9 Å². The fraction of sp³-hybridized carbons (Fsp3) is 0.500. The number of hydrogen-bond donors (Lipinski definition) is 1. The molecule has 1 aliphatic rings. The van der Waals surface area contributed by atoms with Gasteiger partial charge in [0.1, 0.15) is 5.75 Å². The molecule has 1 aromatic carbocycles. The van der Waals surface area contributed by atoms with E-state index in [0.29, 0.717) is 19.1 Å². The van der Waals surface area contributed by atoms with Gasteiger partial charge in [0.2, 0.25) is 0 Å². The van der Waals surface area contributed by atoms with E-state index >= 15 is 0 Å². The SMILES string of the molecule is N#CCCCOc1ccc(Br)c(CNC2CC2)c1. The summed E-state index contributed by atoms with van der Waals surface area (Å²) in [5, 5.41) is 11.9. The Morgan fingerprint density at radius 3 is 3.00 bits per heavy atom. The summed E-state index contributed by atoms with van der Waals surface area (Å²) in [7, 11) is 0. The molecule has 0 spiro atoms. The lowest BCUT2D eigenvalue weighted by Crippen LogP contribution is -2.15. The third-order valence-electron chi connectivity index (χ3n) is 2.88. The maximum absolute atomic E-state index is 8.45. The first-order valence-corrected chi connectivity index (χ1v) is 7.10. The van der Waals surface area contributed by atoms with Crippen LogP contribution in [0, 0.1) is 11.3 Å². The van der Waals surface area contributed by atoms with Crippen molar-refractivity contribution in [1.82, 2.24) is 5.32 Å². The second-order valence-electron chi connectivity index (χ2n) is 4.52. The van der Waals surface area contributed by atoms with Crippen molar-refractivity contribution < 1.29 is 4.74 Å². The Hall–Kier alpha value is -1.05. The van der Waals surface area contributed by atoms with E-state index in [1.54, 1.807) is 0 Å². The molecular weight excluding hydrogens is 292 g/mol.